The second-order valence-corrected chi connectivity index (χ2v) is 10.0. The molecule has 0 aliphatic carbocycles. The number of nitrogens with two attached hydrogens (primary N) is 1. The predicted octanol–water partition coefficient (Wildman–Crippen LogP) is 2.96. The van der Waals surface area contributed by atoms with Crippen LogP contribution >= 0.6 is 0 Å². The Morgan fingerprint density at radius 3 is 2.62 bits per heavy atom. The van der Waals surface area contributed by atoms with Crippen LogP contribution in [0.1, 0.15) is 21.5 Å². The SMILES string of the molecule is CN(C)c1ccc2c(c1)CCN(c1cccc(-c3cc(Nc4cc(N)cc[n+]4C)c(=O)n(C)c3)c1CO)C2=O. The summed E-state index contributed by atoms with van der Waals surface area (Å²) < 4.78 is 3.34. The smallest absolute Gasteiger partial charge is 0.297 e. The lowest BCUT2D eigenvalue weighted by atomic mass is 9.94. The number of aromatic nitrogens is 2. The van der Waals surface area contributed by atoms with Crippen LogP contribution in [0, 0.1) is 0 Å². The summed E-state index contributed by atoms with van der Waals surface area (Å²) >= 11 is 0. The van der Waals surface area contributed by atoms with Crippen molar-refractivity contribution in [2.75, 3.05) is 41.5 Å². The van der Waals surface area contributed by atoms with Gasteiger partial charge in [0.15, 0.2) is 5.69 Å². The monoisotopic (exact) mass is 525 g/mol. The Kier molecular flexibility index (Phi) is 6.84. The molecule has 9 nitrogen and oxygen atoms in total. The van der Waals surface area contributed by atoms with Crippen LogP contribution in [0.3, 0.4) is 0 Å². The molecule has 1 aliphatic rings. The first-order chi connectivity index (χ1) is 18.7. The molecule has 0 radical (unpaired) electrons. The Morgan fingerprint density at radius 2 is 1.87 bits per heavy atom. The molecule has 2 aromatic heterocycles. The zero-order valence-corrected chi connectivity index (χ0v) is 22.6. The highest BCUT2D eigenvalue weighted by Crippen LogP contribution is 2.35. The average Bonchev–Trinajstić information content (AvgIpc) is 2.92. The van der Waals surface area contributed by atoms with E-state index in [4.69, 9.17) is 5.73 Å². The number of pyridine rings is 2. The Hall–Kier alpha value is -4.63. The number of hydrogen-bond donors (Lipinski definition) is 3. The third kappa shape index (κ3) is 4.84. The maximum atomic E-state index is 13.6. The van der Waals surface area contributed by atoms with Crippen LogP contribution in [0.4, 0.5) is 28.6 Å². The van der Waals surface area contributed by atoms with Gasteiger partial charge in [-0.2, -0.15) is 0 Å². The van der Waals surface area contributed by atoms with Gasteiger partial charge in [-0.1, -0.05) is 12.1 Å². The molecule has 200 valence electrons. The first kappa shape index (κ1) is 26.0. The number of nitrogens with one attached hydrogen (secondary N) is 1. The van der Waals surface area contributed by atoms with Crippen molar-refractivity contribution >= 4 is 34.5 Å². The van der Waals surface area contributed by atoms with E-state index in [1.54, 1.807) is 36.3 Å². The Balaban J connectivity index is 1.55. The third-order valence-corrected chi connectivity index (χ3v) is 7.22. The molecule has 0 saturated carbocycles. The molecule has 0 fully saturated rings. The van der Waals surface area contributed by atoms with Gasteiger partial charge in [-0.3, -0.25) is 9.59 Å². The maximum Gasteiger partial charge on any atom is 0.297 e. The number of carbonyl (C=O) groups is 1. The van der Waals surface area contributed by atoms with Gasteiger partial charge in [-0.05, 0) is 47.9 Å². The summed E-state index contributed by atoms with van der Waals surface area (Å²) in [5.41, 5.74) is 12.2. The Labute approximate surface area is 227 Å². The Bertz CT molecular complexity index is 1640. The molecular formula is C30H33N6O3+. The minimum absolute atomic E-state index is 0.0922. The molecule has 39 heavy (non-hydrogen) atoms. The third-order valence-electron chi connectivity index (χ3n) is 7.22. The topological polar surface area (TPSA) is 108 Å². The van der Waals surface area contributed by atoms with Gasteiger partial charge < -0.3 is 25.2 Å². The molecule has 1 amide bonds. The van der Waals surface area contributed by atoms with E-state index in [1.807, 2.05) is 67.1 Å². The summed E-state index contributed by atoms with van der Waals surface area (Å²) in [4.78, 5) is 30.4. The number of aliphatic hydroxyl groups excluding tert-OH is 1. The van der Waals surface area contributed by atoms with Crippen molar-refractivity contribution < 1.29 is 14.5 Å². The first-order valence-electron chi connectivity index (χ1n) is 12.8. The molecule has 0 atom stereocenters. The number of nitrogen functional groups attached to an aromatic ring is 1. The second kappa shape index (κ2) is 10.3. The Morgan fingerprint density at radius 1 is 1.08 bits per heavy atom. The molecular weight excluding hydrogens is 492 g/mol. The number of anilines is 5. The lowest BCUT2D eigenvalue weighted by Gasteiger charge is -2.31. The summed E-state index contributed by atoms with van der Waals surface area (Å²) in [5.74, 6) is 0.570. The molecule has 9 heteroatoms. The summed E-state index contributed by atoms with van der Waals surface area (Å²) in [6.45, 7) is 0.239. The normalized spacial score (nSPS) is 12.8. The number of carbonyl (C=O) groups excluding carboxylic acids is 1. The minimum atomic E-state index is -0.266. The van der Waals surface area contributed by atoms with E-state index in [-0.39, 0.29) is 18.1 Å². The molecule has 5 rings (SSSR count). The van der Waals surface area contributed by atoms with Gasteiger partial charge in [0.25, 0.3) is 17.3 Å². The van der Waals surface area contributed by atoms with Gasteiger partial charge >= 0.3 is 0 Å². The van der Waals surface area contributed by atoms with Crippen molar-refractivity contribution in [1.82, 2.24) is 4.57 Å². The quantitative estimate of drug-likeness (QED) is 0.334. The maximum absolute atomic E-state index is 13.6. The fourth-order valence-corrected chi connectivity index (χ4v) is 5.04. The van der Waals surface area contributed by atoms with Crippen molar-refractivity contribution in [3.8, 4) is 11.1 Å². The largest absolute Gasteiger partial charge is 0.398 e. The molecule has 0 bridgehead atoms. The highest BCUT2D eigenvalue weighted by atomic mass is 16.3. The summed E-state index contributed by atoms with van der Waals surface area (Å²) in [5, 5.41) is 13.7. The number of aliphatic hydroxyl groups is 1. The van der Waals surface area contributed by atoms with Crippen LogP contribution in [0.2, 0.25) is 0 Å². The van der Waals surface area contributed by atoms with Crippen molar-refractivity contribution in [1.29, 1.82) is 0 Å². The summed E-state index contributed by atoms with van der Waals surface area (Å²) in [6.07, 6.45) is 4.26. The zero-order chi connectivity index (χ0) is 27.8. The lowest BCUT2D eigenvalue weighted by molar-refractivity contribution is -0.656. The van der Waals surface area contributed by atoms with Gasteiger partial charge in [0.2, 0.25) is 0 Å². The van der Waals surface area contributed by atoms with Crippen LogP contribution in [0.5, 0.6) is 0 Å². The number of aryl methyl sites for hydroxylation is 2. The van der Waals surface area contributed by atoms with Crippen LogP contribution < -0.4 is 31.0 Å². The predicted molar refractivity (Wildman–Crippen MR) is 155 cm³/mol. The molecule has 0 unspecified atom stereocenters. The van der Waals surface area contributed by atoms with E-state index in [0.29, 0.717) is 47.0 Å². The van der Waals surface area contributed by atoms with Gasteiger partial charge in [-0.25, -0.2) is 9.88 Å². The van der Waals surface area contributed by atoms with Crippen LogP contribution in [0.25, 0.3) is 11.1 Å². The molecule has 0 spiro atoms. The summed E-state index contributed by atoms with van der Waals surface area (Å²) in [6, 6.07) is 16.8. The highest BCUT2D eigenvalue weighted by Gasteiger charge is 2.28. The average molecular weight is 526 g/mol. The molecule has 3 heterocycles. The van der Waals surface area contributed by atoms with Gasteiger partial charge in [0, 0.05) is 68.0 Å². The van der Waals surface area contributed by atoms with Gasteiger partial charge in [0.1, 0.15) is 0 Å². The fourth-order valence-electron chi connectivity index (χ4n) is 5.04. The number of amides is 1. The summed E-state index contributed by atoms with van der Waals surface area (Å²) in [7, 11) is 7.51. The van der Waals surface area contributed by atoms with Crippen molar-refractivity contribution in [3.05, 3.63) is 94.0 Å². The molecule has 4 aromatic rings. The zero-order valence-electron chi connectivity index (χ0n) is 22.6. The number of hydrogen-bond acceptors (Lipinski definition) is 6. The van der Waals surface area contributed by atoms with Gasteiger partial charge in [-0.15, -0.1) is 0 Å². The fraction of sp³-hybridized carbons (Fsp3) is 0.233. The van der Waals surface area contributed by atoms with E-state index >= 15 is 0 Å². The van der Waals surface area contributed by atoms with E-state index in [2.05, 4.69) is 11.4 Å². The number of fused-ring (bicyclic) bond motifs is 1. The van der Waals surface area contributed by atoms with Crippen LogP contribution in [-0.2, 0) is 27.1 Å². The molecule has 4 N–H and O–H groups in total. The first-order valence-corrected chi connectivity index (χ1v) is 12.8. The molecule has 0 saturated heterocycles. The van der Waals surface area contributed by atoms with Crippen molar-refractivity contribution in [2.24, 2.45) is 14.1 Å². The van der Waals surface area contributed by atoms with Crippen molar-refractivity contribution in [2.45, 2.75) is 13.0 Å². The van der Waals surface area contributed by atoms with E-state index in [9.17, 15) is 14.7 Å². The van der Waals surface area contributed by atoms with Crippen LogP contribution in [0.15, 0.2) is 71.8 Å². The van der Waals surface area contributed by atoms with E-state index in [1.165, 1.54) is 4.57 Å². The number of rotatable bonds is 6. The molecule has 1 aliphatic heterocycles. The van der Waals surface area contributed by atoms with Crippen molar-refractivity contribution in [3.63, 3.8) is 0 Å². The van der Waals surface area contributed by atoms with E-state index < -0.39 is 0 Å². The minimum Gasteiger partial charge on any atom is -0.398 e. The molecule has 2 aromatic carbocycles. The van der Waals surface area contributed by atoms with E-state index in [0.717, 1.165) is 22.4 Å². The standard InChI is InChI=1S/C30H32N6O3/c1-33(2)22-8-9-24-19(14-22)10-13-36(29(24)38)27-7-5-6-23(25(27)18-37)20-15-26(30(39)35(4)17-20)32-28-16-21(31)11-12-34(28)3/h5-9,11-12,14-17,37H,10,13,18H2,1-4H3,(H2,31,32)/p+1. The number of nitrogens with zero attached hydrogens (tertiary/aromatic N) is 4. The van der Waals surface area contributed by atoms with Gasteiger partial charge in [0.05, 0.1) is 31.6 Å². The number of benzene rings is 2. The lowest BCUT2D eigenvalue weighted by Crippen LogP contribution is -2.38. The van der Waals surface area contributed by atoms with Crippen LogP contribution in [-0.4, -0.2) is 36.2 Å². The highest BCUT2D eigenvalue weighted by molar-refractivity contribution is 6.09. The second-order valence-electron chi connectivity index (χ2n) is 10.0.